The van der Waals surface area contributed by atoms with Gasteiger partial charge in [-0.25, -0.2) is 0 Å². The summed E-state index contributed by atoms with van der Waals surface area (Å²) in [4.78, 5) is 23.4. The number of carbonyl (C=O) groups excluding carboxylic acids is 2. The number of carbonyl (C=O) groups is 2. The van der Waals surface area contributed by atoms with E-state index in [0.29, 0.717) is 6.54 Å². The van der Waals surface area contributed by atoms with Crippen LogP contribution in [0.3, 0.4) is 0 Å². The molecule has 1 atom stereocenters. The van der Waals surface area contributed by atoms with Crippen molar-refractivity contribution in [3.05, 3.63) is 35.4 Å². The fourth-order valence-corrected chi connectivity index (χ4v) is 2.15. The third-order valence-corrected chi connectivity index (χ3v) is 3.30. The van der Waals surface area contributed by atoms with E-state index in [9.17, 15) is 9.59 Å². The van der Waals surface area contributed by atoms with Crippen LogP contribution < -0.4 is 16.0 Å². The Hall–Kier alpha value is -1.59. The Morgan fingerprint density at radius 2 is 1.74 bits per heavy atom. The molecule has 1 aromatic rings. The van der Waals surface area contributed by atoms with Crippen LogP contribution in [-0.2, 0) is 9.59 Å². The maximum absolute atomic E-state index is 12.0. The standard InChI is InChI=1S/C17H27N3O2.ClH/c1-4-9-18-10-11-19-17(22)12-16(20-14(3)21)15-7-5-13(2)6-8-15;/h5-8,16,18H,4,9-12H2,1-3H3,(H,19,22)(H,20,21);1H. The maximum Gasteiger partial charge on any atom is 0.222 e. The number of rotatable bonds is 9. The number of aryl methyl sites for hydroxylation is 1. The predicted molar refractivity (Wildman–Crippen MR) is 95.8 cm³/mol. The van der Waals surface area contributed by atoms with Crippen LogP contribution in [0.1, 0.15) is 43.9 Å². The van der Waals surface area contributed by atoms with Gasteiger partial charge in [0.2, 0.25) is 11.8 Å². The van der Waals surface area contributed by atoms with Crippen molar-refractivity contribution in [2.45, 2.75) is 39.7 Å². The van der Waals surface area contributed by atoms with Crippen molar-refractivity contribution < 1.29 is 9.59 Å². The molecule has 1 aromatic carbocycles. The van der Waals surface area contributed by atoms with E-state index in [0.717, 1.165) is 30.6 Å². The SMILES string of the molecule is CCCNCCNC(=O)CC(NC(C)=O)c1ccc(C)cc1.Cl. The Morgan fingerprint density at radius 3 is 2.30 bits per heavy atom. The van der Waals surface area contributed by atoms with E-state index in [4.69, 9.17) is 0 Å². The van der Waals surface area contributed by atoms with Gasteiger partial charge in [-0.1, -0.05) is 36.8 Å². The molecule has 6 heteroatoms. The first kappa shape index (κ1) is 21.4. The van der Waals surface area contributed by atoms with E-state index in [1.54, 1.807) is 0 Å². The van der Waals surface area contributed by atoms with Gasteiger partial charge >= 0.3 is 0 Å². The van der Waals surface area contributed by atoms with Gasteiger partial charge in [-0.3, -0.25) is 9.59 Å². The lowest BCUT2D eigenvalue weighted by Crippen LogP contribution is -2.35. The number of benzene rings is 1. The molecule has 0 saturated carbocycles. The molecule has 1 rings (SSSR count). The molecular formula is C17H28ClN3O2. The van der Waals surface area contributed by atoms with Crippen LogP contribution in [0.4, 0.5) is 0 Å². The fourth-order valence-electron chi connectivity index (χ4n) is 2.15. The van der Waals surface area contributed by atoms with Crippen LogP contribution in [0, 0.1) is 6.92 Å². The van der Waals surface area contributed by atoms with Crippen molar-refractivity contribution in [1.82, 2.24) is 16.0 Å². The van der Waals surface area contributed by atoms with Crippen molar-refractivity contribution in [2.24, 2.45) is 0 Å². The average molecular weight is 342 g/mol. The second-order valence-corrected chi connectivity index (χ2v) is 5.47. The molecule has 0 heterocycles. The third kappa shape index (κ3) is 9.21. The van der Waals surface area contributed by atoms with Gasteiger partial charge in [0.25, 0.3) is 0 Å². The molecular weight excluding hydrogens is 314 g/mol. The minimum absolute atomic E-state index is 0. The minimum Gasteiger partial charge on any atom is -0.355 e. The topological polar surface area (TPSA) is 70.2 Å². The maximum atomic E-state index is 12.0. The summed E-state index contributed by atoms with van der Waals surface area (Å²) in [5.41, 5.74) is 2.09. The zero-order valence-electron chi connectivity index (χ0n) is 14.1. The molecule has 0 saturated heterocycles. The van der Waals surface area contributed by atoms with Crippen molar-refractivity contribution >= 4 is 24.2 Å². The van der Waals surface area contributed by atoms with Crippen LogP contribution in [0.2, 0.25) is 0 Å². The molecule has 0 fully saturated rings. The lowest BCUT2D eigenvalue weighted by molar-refractivity contribution is -0.122. The molecule has 3 N–H and O–H groups in total. The monoisotopic (exact) mass is 341 g/mol. The summed E-state index contributed by atoms with van der Waals surface area (Å²) in [6.07, 6.45) is 1.32. The molecule has 5 nitrogen and oxygen atoms in total. The zero-order valence-corrected chi connectivity index (χ0v) is 15.0. The van der Waals surface area contributed by atoms with E-state index in [-0.39, 0.29) is 36.7 Å². The van der Waals surface area contributed by atoms with Gasteiger partial charge in [-0.05, 0) is 25.5 Å². The molecule has 0 aliphatic rings. The second-order valence-electron chi connectivity index (χ2n) is 5.47. The molecule has 0 bridgehead atoms. The first-order chi connectivity index (χ1) is 10.5. The molecule has 0 spiro atoms. The Labute approximate surface area is 145 Å². The van der Waals surface area contributed by atoms with Crippen molar-refractivity contribution in [3.63, 3.8) is 0 Å². The molecule has 2 amide bonds. The van der Waals surface area contributed by atoms with Crippen LogP contribution in [0.25, 0.3) is 0 Å². The normalized spacial score (nSPS) is 11.3. The lowest BCUT2D eigenvalue weighted by atomic mass is 10.0. The summed E-state index contributed by atoms with van der Waals surface area (Å²) in [6.45, 7) is 7.88. The summed E-state index contributed by atoms with van der Waals surface area (Å²) in [7, 11) is 0. The summed E-state index contributed by atoms with van der Waals surface area (Å²) in [6, 6.07) is 7.58. The summed E-state index contributed by atoms with van der Waals surface area (Å²) in [5, 5.41) is 8.94. The molecule has 0 aliphatic carbocycles. The Kier molecular flexibility index (Phi) is 11.1. The highest BCUT2D eigenvalue weighted by molar-refractivity contribution is 5.85. The third-order valence-electron chi connectivity index (χ3n) is 3.30. The highest BCUT2D eigenvalue weighted by atomic mass is 35.5. The molecule has 130 valence electrons. The van der Waals surface area contributed by atoms with Crippen LogP contribution >= 0.6 is 12.4 Å². The van der Waals surface area contributed by atoms with Gasteiger partial charge in [-0.15, -0.1) is 12.4 Å². The summed E-state index contributed by atoms with van der Waals surface area (Å²) >= 11 is 0. The molecule has 1 unspecified atom stereocenters. The van der Waals surface area contributed by atoms with E-state index in [1.807, 2.05) is 31.2 Å². The van der Waals surface area contributed by atoms with Gasteiger partial charge in [0, 0.05) is 20.0 Å². The van der Waals surface area contributed by atoms with E-state index in [2.05, 4.69) is 22.9 Å². The molecule has 0 aromatic heterocycles. The zero-order chi connectivity index (χ0) is 16.4. The Morgan fingerprint density at radius 1 is 1.09 bits per heavy atom. The average Bonchev–Trinajstić information content (AvgIpc) is 2.46. The van der Waals surface area contributed by atoms with Gasteiger partial charge in [0.05, 0.1) is 12.5 Å². The van der Waals surface area contributed by atoms with Gasteiger partial charge < -0.3 is 16.0 Å². The fraction of sp³-hybridized carbons (Fsp3) is 0.529. The minimum atomic E-state index is -0.290. The Balaban J connectivity index is 0.00000484. The highest BCUT2D eigenvalue weighted by Crippen LogP contribution is 2.17. The second kappa shape index (κ2) is 11.9. The van der Waals surface area contributed by atoms with Crippen LogP contribution in [-0.4, -0.2) is 31.4 Å². The van der Waals surface area contributed by atoms with Gasteiger partial charge in [0.15, 0.2) is 0 Å². The first-order valence-electron chi connectivity index (χ1n) is 7.84. The van der Waals surface area contributed by atoms with Crippen molar-refractivity contribution in [2.75, 3.05) is 19.6 Å². The first-order valence-corrected chi connectivity index (χ1v) is 7.84. The van der Waals surface area contributed by atoms with Gasteiger partial charge in [-0.2, -0.15) is 0 Å². The van der Waals surface area contributed by atoms with Crippen molar-refractivity contribution in [1.29, 1.82) is 0 Å². The molecule has 23 heavy (non-hydrogen) atoms. The largest absolute Gasteiger partial charge is 0.355 e. The van der Waals surface area contributed by atoms with E-state index >= 15 is 0 Å². The quantitative estimate of drug-likeness (QED) is 0.602. The smallest absolute Gasteiger partial charge is 0.222 e. The predicted octanol–water partition coefficient (Wildman–Crippen LogP) is 2.10. The number of hydrogen-bond donors (Lipinski definition) is 3. The number of hydrogen-bond acceptors (Lipinski definition) is 3. The summed E-state index contributed by atoms with van der Waals surface area (Å²) < 4.78 is 0. The highest BCUT2D eigenvalue weighted by Gasteiger charge is 2.16. The number of halogens is 1. The van der Waals surface area contributed by atoms with Crippen LogP contribution in [0.5, 0.6) is 0 Å². The van der Waals surface area contributed by atoms with Crippen molar-refractivity contribution in [3.8, 4) is 0 Å². The molecule has 0 radical (unpaired) electrons. The van der Waals surface area contributed by atoms with E-state index in [1.165, 1.54) is 6.92 Å². The summed E-state index contributed by atoms with van der Waals surface area (Å²) in [5.74, 6) is -0.194. The lowest BCUT2D eigenvalue weighted by Gasteiger charge is -2.18. The Bertz CT molecular complexity index is 477. The van der Waals surface area contributed by atoms with Crippen LogP contribution in [0.15, 0.2) is 24.3 Å². The van der Waals surface area contributed by atoms with Gasteiger partial charge in [0.1, 0.15) is 0 Å². The van der Waals surface area contributed by atoms with E-state index < -0.39 is 0 Å². The molecule has 0 aliphatic heterocycles. The number of amides is 2. The number of nitrogens with one attached hydrogen (secondary N) is 3.